The van der Waals surface area contributed by atoms with Crippen molar-refractivity contribution in [3.05, 3.63) is 87.1 Å². The lowest BCUT2D eigenvalue weighted by Crippen LogP contribution is -2.41. The van der Waals surface area contributed by atoms with E-state index in [4.69, 9.17) is 0 Å². The molecular weight excluding hydrogens is 490 g/mol. The second-order valence-corrected chi connectivity index (χ2v) is 11.1. The van der Waals surface area contributed by atoms with Gasteiger partial charge in [-0.3, -0.25) is 14.4 Å². The van der Waals surface area contributed by atoms with Crippen LogP contribution in [-0.2, 0) is 10.5 Å². The maximum Gasteiger partial charge on any atom is 0.261 e. The molecule has 0 bridgehead atoms. The van der Waals surface area contributed by atoms with Crippen LogP contribution in [0.4, 0.5) is 5.69 Å². The molecule has 1 aromatic heterocycles. The summed E-state index contributed by atoms with van der Waals surface area (Å²) in [5.41, 5.74) is 4.25. The van der Waals surface area contributed by atoms with Gasteiger partial charge in [0.15, 0.2) is 0 Å². The maximum atomic E-state index is 13.5. The molecule has 6 nitrogen and oxygen atoms in total. The Morgan fingerprint density at radius 3 is 2.67 bits per heavy atom. The molecule has 2 aliphatic heterocycles. The van der Waals surface area contributed by atoms with Crippen LogP contribution >= 0.6 is 23.1 Å². The normalized spacial score (nSPS) is 19.1. The molecule has 1 fully saturated rings. The lowest BCUT2D eigenvalue weighted by molar-refractivity contribution is -0.119. The van der Waals surface area contributed by atoms with E-state index in [1.807, 2.05) is 47.5 Å². The quantitative estimate of drug-likeness (QED) is 0.426. The first kappa shape index (κ1) is 24.3. The van der Waals surface area contributed by atoms with Crippen LogP contribution in [0.5, 0.6) is 0 Å². The number of amides is 3. The van der Waals surface area contributed by atoms with Gasteiger partial charge in [0, 0.05) is 18.3 Å². The van der Waals surface area contributed by atoms with E-state index >= 15 is 0 Å². The zero-order chi connectivity index (χ0) is 25.1. The number of nitrogens with zero attached hydrogens (tertiary/aromatic N) is 1. The number of fused-ring (bicyclic) bond motifs is 2. The van der Waals surface area contributed by atoms with Crippen LogP contribution in [0.25, 0.3) is 12.2 Å². The number of anilines is 1. The molecular formula is C28H27N3O3S2. The highest BCUT2D eigenvalue weighted by Gasteiger charge is 2.43. The average molecular weight is 518 g/mol. The monoisotopic (exact) mass is 517 g/mol. The lowest BCUT2D eigenvalue weighted by Gasteiger charge is -2.20. The smallest absolute Gasteiger partial charge is 0.261 e. The van der Waals surface area contributed by atoms with Gasteiger partial charge >= 0.3 is 0 Å². The molecule has 0 radical (unpaired) electrons. The van der Waals surface area contributed by atoms with Gasteiger partial charge in [-0.15, -0.1) is 11.3 Å². The molecule has 3 aromatic rings. The van der Waals surface area contributed by atoms with Gasteiger partial charge in [-0.05, 0) is 52.4 Å². The maximum absolute atomic E-state index is 13.5. The molecule has 36 heavy (non-hydrogen) atoms. The van der Waals surface area contributed by atoms with E-state index in [1.54, 1.807) is 17.0 Å². The van der Waals surface area contributed by atoms with Crippen LogP contribution in [0.1, 0.15) is 50.1 Å². The number of hydrogen-bond acceptors (Lipinski definition) is 5. The number of benzene rings is 2. The number of thiophene rings is 1. The molecule has 3 heterocycles. The first-order chi connectivity index (χ1) is 17.5. The van der Waals surface area contributed by atoms with Crippen molar-refractivity contribution in [2.75, 3.05) is 17.6 Å². The molecule has 0 aliphatic carbocycles. The molecule has 8 heteroatoms. The van der Waals surface area contributed by atoms with Crippen LogP contribution < -0.4 is 10.6 Å². The summed E-state index contributed by atoms with van der Waals surface area (Å²) in [6.07, 6.45) is 4.39. The van der Waals surface area contributed by atoms with Crippen molar-refractivity contribution in [2.45, 2.75) is 31.2 Å². The zero-order valence-corrected chi connectivity index (χ0v) is 21.5. The average Bonchev–Trinajstić information content (AvgIpc) is 3.56. The molecule has 2 N–H and O–H groups in total. The van der Waals surface area contributed by atoms with E-state index in [2.05, 4.69) is 41.8 Å². The predicted octanol–water partition coefficient (Wildman–Crippen LogP) is 5.14. The number of carbonyl (C=O) groups is 3. The summed E-state index contributed by atoms with van der Waals surface area (Å²) in [7, 11) is 0. The summed E-state index contributed by atoms with van der Waals surface area (Å²) >= 11 is 3.26. The number of thioether (sulfide) groups is 1. The highest BCUT2D eigenvalue weighted by atomic mass is 32.2. The fraction of sp³-hybridized carbons (Fsp3) is 0.250. The lowest BCUT2D eigenvalue weighted by atomic mass is 10.1. The Labute approximate surface area is 218 Å². The van der Waals surface area contributed by atoms with Crippen molar-refractivity contribution < 1.29 is 14.4 Å². The van der Waals surface area contributed by atoms with E-state index < -0.39 is 6.04 Å². The minimum absolute atomic E-state index is 0.175. The number of rotatable bonds is 7. The molecule has 5 rings (SSSR count). The third kappa shape index (κ3) is 5.24. The second kappa shape index (κ2) is 10.7. The third-order valence-electron chi connectivity index (χ3n) is 6.40. The molecule has 3 amide bonds. The SMILES string of the molecule is CCSCc1ccc(/C=C/c2ccc3c(c2)C(=O)N2C[C@@H](NC(=O)c4cccs4)C[C@H]2C(=O)N3)cc1. The largest absolute Gasteiger partial charge is 0.347 e. The highest BCUT2D eigenvalue weighted by molar-refractivity contribution is 7.98. The van der Waals surface area contributed by atoms with Crippen molar-refractivity contribution in [1.29, 1.82) is 0 Å². The Morgan fingerprint density at radius 2 is 1.92 bits per heavy atom. The standard InChI is InChI=1S/C28H27N3O3S2/c1-2-35-17-20-9-6-18(7-10-20)5-8-19-11-12-23-22(14-19)28(34)31-16-21(15-24(31)26(32)30-23)29-27(33)25-4-3-13-36-25/h3-14,21,24H,2,15-17H2,1H3,(H,29,33)(H,30,32)/b8-5+/t21-,24-/m0/s1. The second-order valence-electron chi connectivity index (χ2n) is 8.86. The Bertz CT molecular complexity index is 1300. The van der Waals surface area contributed by atoms with Gasteiger partial charge in [0.25, 0.3) is 11.8 Å². The van der Waals surface area contributed by atoms with Gasteiger partial charge in [0.05, 0.1) is 16.1 Å². The Balaban J connectivity index is 1.31. The highest BCUT2D eigenvalue weighted by Crippen LogP contribution is 2.30. The van der Waals surface area contributed by atoms with Gasteiger partial charge in [0.1, 0.15) is 6.04 Å². The summed E-state index contributed by atoms with van der Waals surface area (Å²) in [5, 5.41) is 7.73. The van der Waals surface area contributed by atoms with Crippen molar-refractivity contribution in [2.24, 2.45) is 0 Å². The number of nitrogens with one attached hydrogen (secondary N) is 2. The molecule has 0 saturated carbocycles. The van der Waals surface area contributed by atoms with Crippen molar-refractivity contribution >= 4 is 58.7 Å². The fourth-order valence-electron chi connectivity index (χ4n) is 4.54. The van der Waals surface area contributed by atoms with Gasteiger partial charge in [-0.25, -0.2) is 0 Å². The fourth-order valence-corrected chi connectivity index (χ4v) is 5.80. The third-order valence-corrected chi connectivity index (χ3v) is 8.21. The van der Waals surface area contributed by atoms with Crippen LogP contribution in [0.15, 0.2) is 60.0 Å². The Hall–Kier alpha value is -3.36. The van der Waals surface area contributed by atoms with Gasteiger partial charge in [0.2, 0.25) is 5.91 Å². The van der Waals surface area contributed by atoms with Crippen molar-refractivity contribution in [1.82, 2.24) is 10.2 Å². The molecule has 0 spiro atoms. The van der Waals surface area contributed by atoms with Crippen molar-refractivity contribution in [3.63, 3.8) is 0 Å². The first-order valence-electron chi connectivity index (χ1n) is 12.0. The van der Waals surface area contributed by atoms with Crippen molar-refractivity contribution in [3.8, 4) is 0 Å². The summed E-state index contributed by atoms with van der Waals surface area (Å²) < 4.78 is 0. The number of carbonyl (C=O) groups excluding carboxylic acids is 3. The molecule has 0 unspecified atom stereocenters. The molecule has 184 valence electrons. The first-order valence-corrected chi connectivity index (χ1v) is 14.0. The predicted molar refractivity (Wildman–Crippen MR) is 147 cm³/mol. The van der Waals surface area contributed by atoms with E-state index in [0.29, 0.717) is 29.1 Å². The van der Waals surface area contributed by atoms with E-state index in [1.165, 1.54) is 16.9 Å². The van der Waals surface area contributed by atoms with Gasteiger partial charge < -0.3 is 15.5 Å². The topological polar surface area (TPSA) is 78.5 Å². The van der Waals surface area contributed by atoms with E-state index in [0.717, 1.165) is 22.6 Å². The Kier molecular flexibility index (Phi) is 7.25. The van der Waals surface area contributed by atoms with E-state index in [-0.39, 0.29) is 23.8 Å². The van der Waals surface area contributed by atoms with Crippen LogP contribution in [-0.4, -0.2) is 47.0 Å². The summed E-state index contributed by atoms with van der Waals surface area (Å²) in [6.45, 7) is 2.46. The summed E-state index contributed by atoms with van der Waals surface area (Å²) in [4.78, 5) is 41.1. The van der Waals surface area contributed by atoms with Crippen LogP contribution in [0.3, 0.4) is 0 Å². The Morgan fingerprint density at radius 1 is 1.14 bits per heavy atom. The van der Waals surface area contributed by atoms with Gasteiger partial charge in [-0.1, -0.05) is 55.5 Å². The van der Waals surface area contributed by atoms with E-state index in [9.17, 15) is 14.4 Å². The minimum atomic E-state index is -0.609. The zero-order valence-electron chi connectivity index (χ0n) is 19.9. The van der Waals surface area contributed by atoms with Crippen LogP contribution in [0.2, 0.25) is 0 Å². The number of hydrogen-bond donors (Lipinski definition) is 2. The van der Waals surface area contributed by atoms with Gasteiger partial charge in [-0.2, -0.15) is 11.8 Å². The minimum Gasteiger partial charge on any atom is -0.347 e. The van der Waals surface area contributed by atoms with Crippen LogP contribution in [0, 0.1) is 0 Å². The molecule has 2 atom stereocenters. The molecule has 2 aliphatic rings. The molecule has 2 aromatic carbocycles. The summed E-state index contributed by atoms with van der Waals surface area (Å²) in [5.74, 6) is 1.51. The molecule has 1 saturated heterocycles. The summed E-state index contributed by atoms with van der Waals surface area (Å²) in [6, 6.07) is 16.7.